The van der Waals surface area contributed by atoms with Gasteiger partial charge >= 0.3 is 0 Å². The van der Waals surface area contributed by atoms with E-state index in [1.807, 2.05) is 24.3 Å². The summed E-state index contributed by atoms with van der Waals surface area (Å²) < 4.78 is 6.04. The van der Waals surface area contributed by atoms with Gasteiger partial charge in [-0.15, -0.1) is 0 Å². The van der Waals surface area contributed by atoms with Crippen molar-refractivity contribution in [3.63, 3.8) is 0 Å². The number of rotatable bonds is 6. The number of fused-ring (bicyclic) bond motifs is 2. The zero-order chi connectivity index (χ0) is 16.2. The third-order valence-corrected chi connectivity index (χ3v) is 3.90. The van der Waals surface area contributed by atoms with E-state index in [0.717, 1.165) is 27.3 Å². The third kappa shape index (κ3) is 3.63. The molecule has 1 atom stereocenters. The summed E-state index contributed by atoms with van der Waals surface area (Å²) >= 11 is 0. The lowest BCUT2D eigenvalue weighted by Gasteiger charge is -2.17. The van der Waals surface area contributed by atoms with Gasteiger partial charge in [-0.2, -0.15) is 0 Å². The molecule has 0 heterocycles. The molecule has 0 radical (unpaired) electrons. The van der Waals surface area contributed by atoms with E-state index in [0.29, 0.717) is 12.6 Å². The molecule has 2 N–H and O–H groups in total. The maximum Gasteiger partial charge on any atom is 0.135 e. The Morgan fingerprint density at radius 2 is 1.52 bits per heavy atom. The zero-order valence-electron chi connectivity index (χ0n) is 13.6. The van der Waals surface area contributed by atoms with Crippen LogP contribution in [0.4, 0.5) is 0 Å². The van der Waals surface area contributed by atoms with Crippen molar-refractivity contribution in [2.75, 3.05) is 13.2 Å². The number of ether oxygens (including phenoxy) is 1. The lowest BCUT2D eigenvalue weighted by molar-refractivity contribution is 0.106. The Kier molecular flexibility index (Phi) is 4.79. The minimum absolute atomic E-state index is 0.276. The monoisotopic (exact) mass is 309 g/mol. The quantitative estimate of drug-likeness (QED) is 0.682. The van der Waals surface area contributed by atoms with Gasteiger partial charge in [0.15, 0.2) is 0 Å². The first-order valence-corrected chi connectivity index (χ1v) is 8.10. The van der Waals surface area contributed by atoms with Gasteiger partial charge in [-0.05, 0) is 16.8 Å². The molecule has 0 unspecified atom stereocenters. The molecular weight excluding hydrogens is 286 g/mol. The summed E-state index contributed by atoms with van der Waals surface area (Å²) in [5.41, 5.74) is 0. The Labute approximate surface area is 136 Å². The summed E-state index contributed by atoms with van der Waals surface area (Å²) in [4.78, 5) is 0. The summed E-state index contributed by atoms with van der Waals surface area (Å²) in [5.74, 6) is 0.849. The van der Waals surface area contributed by atoms with Crippen molar-refractivity contribution in [2.24, 2.45) is 0 Å². The van der Waals surface area contributed by atoms with Crippen LogP contribution >= 0.6 is 0 Å². The molecule has 0 bridgehead atoms. The second-order valence-electron chi connectivity index (χ2n) is 6.18. The molecule has 0 aliphatic rings. The second kappa shape index (κ2) is 6.99. The average molecular weight is 309 g/mol. The molecule has 3 aromatic carbocycles. The summed E-state index contributed by atoms with van der Waals surface area (Å²) in [6.07, 6.45) is -0.532. The minimum atomic E-state index is -0.532. The molecule has 0 fully saturated rings. The predicted molar refractivity (Wildman–Crippen MR) is 96.1 cm³/mol. The van der Waals surface area contributed by atoms with Crippen LogP contribution in [0.5, 0.6) is 5.75 Å². The molecule has 3 heteroatoms. The molecule has 23 heavy (non-hydrogen) atoms. The molecule has 0 aliphatic heterocycles. The standard InChI is InChI=1S/C20H23NO2/c1-14(2)21-12-17(22)13-23-20-18-9-5-3-7-15(18)11-16-8-4-6-10-19(16)20/h3-11,14,17,21-22H,12-13H2,1-2H3/t17-/m1/s1. The van der Waals surface area contributed by atoms with Crippen molar-refractivity contribution < 1.29 is 9.84 Å². The number of aliphatic hydroxyl groups excluding tert-OH is 1. The molecule has 3 rings (SSSR count). The van der Waals surface area contributed by atoms with Gasteiger partial charge in [0.25, 0.3) is 0 Å². The molecule has 0 saturated heterocycles. The van der Waals surface area contributed by atoms with Gasteiger partial charge in [0.05, 0.1) is 0 Å². The van der Waals surface area contributed by atoms with E-state index in [2.05, 4.69) is 49.5 Å². The topological polar surface area (TPSA) is 41.5 Å². The number of hydrogen-bond acceptors (Lipinski definition) is 3. The highest BCUT2D eigenvalue weighted by Gasteiger charge is 2.11. The highest BCUT2D eigenvalue weighted by molar-refractivity contribution is 6.05. The highest BCUT2D eigenvalue weighted by Crippen LogP contribution is 2.34. The lowest BCUT2D eigenvalue weighted by atomic mass is 10.0. The van der Waals surface area contributed by atoms with E-state index >= 15 is 0 Å². The van der Waals surface area contributed by atoms with Gasteiger partial charge in [0.2, 0.25) is 0 Å². The minimum Gasteiger partial charge on any atom is -0.490 e. The van der Waals surface area contributed by atoms with E-state index < -0.39 is 6.10 Å². The van der Waals surface area contributed by atoms with Gasteiger partial charge in [-0.25, -0.2) is 0 Å². The maximum absolute atomic E-state index is 10.1. The van der Waals surface area contributed by atoms with Crippen LogP contribution in [0, 0.1) is 0 Å². The normalized spacial score (nSPS) is 12.9. The van der Waals surface area contributed by atoms with Gasteiger partial charge in [-0.1, -0.05) is 62.4 Å². The molecular formula is C20H23NO2. The van der Waals surface area contributed by atoms with Crippen LogP contribution in [0.2, 0.25) is 0 Å². The van der Waals surface area contributed by atoms with Crippen molar-refractivity contribution >= 4 is 21.5 Å². The van der Waals surface area contributed by atoms with Gasteiger partial charge in [0.1, 0.15) is 18.5 Å². The lowest BCUT2D eigenvalue weighted by Crippen LogP contribution is -2.35. The molecule has 3 nitrogen and oxygen atoms in total. The predicted octanol–water partition coefficient (Wildman–Crippen LogP) is 3.73. The van der Waals surface area contributed by atoms with Crippen LogP contribution in [-0.4, -0.2) is 30.4 Å². The smallest absolute Gasteiger partial charge is 0.135 e. The van der Waals surface area contributed by atoms with Crippen LogP contribution in [0.25, 0.3) is 21.5 Å². The Bertz CT molecular complexity index is 744. The summed E-state index contributed by atoms with van der Waals surface area (Å²) in [6, 6.07) is 18.9. The van der Waals surface area contributed by atoms with Crippen molar-refractivity contribution in [1.29, 1.82) is 0 Å². The molecule has 0 amide bonds. The molecule has 0 aromatic heterocycles. The van der Waals surface area contributed by atoms with Crippen molar-refractivity contribution in [1.82, 2.24) is 5.32 Å². The average Bonchev–Trinajstić information content (AvgIpc) is 2.56. The second-order valence-corrected chi connectivity index (χ2v) is 6.18. The Morgan fingerprint density at radius 3 is 2.09 bits per heavy atom. The fourth-order valence-corrected chi connectivity index (χ4v) is 2.74. The van der Waals surface area contributed by atoms with Gasteiger partial charge in [-0.3, -0.25) is 0 Å². The Morgan fingerprint density at radius 1 is 0.957 bits per heavy atom. The number of aliphatic hydroxyl groups is 1. The highest BCUT2D eigenvalue weighted by atomic mass is 16.5. The molecule has 3 aromatic rings. The van der Waals surface area contributed by atoms with Crippen molar-refractivity contribution in [2.45, 2.75) is 26.0 Å². The SMILES string of the molecule is CC(C)NC[C@@H](O)COc1c2ccccc2cc2ccccc12. The van der Waals surface area contributed by atoms with E-state index in [-0.39, 0.29) is 6.61 Å². The summed E-state index contributed by atoms with van der Waals surface area (Å²) in [6.45, 7) is 4.93. The van der Waals surface area contributed by atoms with Crippen LogP contribution in [-0.2, 0) is 0 Å². The number of hydrogen-bond donors (Lipinski definition) is 2. The zero-order valence-corrected chi connectivity index (χ0v) is 13.6. The molecule has 0 spiro atoms. The molecule has 0 saturated carbocycles. The van der Waals surface area contributed by atoms with Crippen LogP contribution in [0.15, 0.2) is 54.6 Å². The third-order valence-electron chi connectivity index (χ3n) is 3.90. The molecule has 0 aliphatic carbocycles. The fourth-order valence-electron chi connectivity index (χ4n) is 2.74. The number of benzene rings is 3. The van der Waals surface area contributed by atoms with E-state index in [9.17, 15) is 5.11 Å². The van der Waals surface area contributed by atoms with Crippen LogP contribution in [0.1, 0.15) is 13.8 Å². The summed E-state index contributed by atoms with van der Waals surface area (Å²) in [7, 11) is 0. The largest absolute Gasteiger partial charge is 0.490 e. The molecule has 120 valence electrons. The van der Waals surface area contributed by atoms with Gasteiger partial charge in [0, 0.05) is 23.4 Å². The van der Waals surface area contributed by atoms with Crippen LogP contribution in [0.3, 0.4) is 0 Å². The Balaban J connectivity index is 1.91. The first-order valence-electron chi connectivity index (χ1n) is 8.10. The van der Waals surface area contributed by atoms with Gasteiger partial charge < -0.3 is 15.2 Å². The van der Waals surface area contributed by atoms with E-state index in [4.69, 9.17) is 4.74 Å². The van der Waals surface area contributed by atoms with Crippen molar-refractivity contribution in [3.05, 3.63) is 54.6 Å². The van der Waals surface area contributed by atoms with Crippen LogP contribution < -0.4 is 10.1 Å². The van der Waals surface area contributed by atoms with E-state index in [1.165, 1.54) is 0 Å². The fraction of sp³-hybridized carbons (Fsp3) is 0.300. The first-order chi connectivity index (χ1) is 11.1. The summed E-state index contributed by atoms with van der Waals surface area (Å²) in [5, 5.41) is 17.8. The van der Waals surface area contributed by atoms with E-state index in [1.54, 1.807) is 0 Å². The Hall–Kier alpha value is -2.10. The first kappa shape index (κ1) is 15.8. The number of nitrogens with one attached hydrogen (secondary N) is 1. The van der Waals surface area contributed by atoms with Crippen molar-refractivity contribution in [3.8, 4) is 5.75 Å². The maximum atomic E-state index is 10.1.